The van der Waals surface area contributed by atoms with Crippen LogP contribution in [-0.4, -0.2) is 4.57 Å². The first-order valence-electron chi connectivity index (χ1n) is 17.8. The summed E-state index contributed by atoms with van der Waals surface area (Å²) in [6, 6.07) is 74.7. The molecule has 0 radical (unpaired) electrons. The van der Waals surface area contributed by atoms with Crippen molar-refractivity contribution >= 4 is 60.4 Å². The van der Waals surface area contributed by atoms with E-state index in [0.717, 1.165) is 22.7 Å². The molecule has 0 saturated heterocycles. The molecule has 0 fully saturated rings. The van der Waals surface area contributed by atoms with E-state index < -0.39 is 0 Å². The number of anilines is 3. The number of benzene rings is 9. The summed E-state index contributed by atoms with van der Waals surface area (Å²) < 4.78 is 2.45. The highest BCUT2D eigenvalue weighted by Gasteiger charge is 2.17. The molecule has 0 unspecified atom stereocenters. The van der Waals surface area contributed by atoms with Crippen molar-refractivity contribution in [2.24, 2.45) is 0 Å². The van der Waals surface area contributed by atoms with E-state index in [9.17, 15) is 0 Å². The minimum Gasteiger partial charge on any atom is -0.310 e. The Bertz CT molecular complexity index is 2790. The van der Waals surface area contributed by atoms with Crippen LogP contribution in [0.5, 0.6) is 0 Å². The normalized spacial score (nSPS) is 11.5. The number of para-hydroxylation sites is 1. The van der Waals surface area contributed by atoms with Crippen LogP contribution < -0.4 is 4.90 Å². The van der Waals surface area contributed by atoms with Crippen LogP contribution in [-0.2, 0) is 0 Å². The lowest BCUT2D eigenvalue weighted by atomic mass is 10.0. The van der Waals surface area contributed by atoms with Gasteiger partial charge in [-0.05, 0) is 93.0 Å². The van der Waals surface area contributed by atoms with Crippen LogP contribution in [0.1, 0.15) is 0 Å². The maximum atomic E-state index is 2.45. The van der Waals surface area contributed by atoms with Crippen LogP contribution in [0.3, 0.4) is 0 Å². The molecule has 0 atom stereocenters. The van der Waals surface area contributed by atoms with Gasteiger partial charge in [0.15, 0.2) is 0 Å². The number of aromatic nitrogens is 1. The van der Waals surface area contributed by atoms with E-state index in [1.54, 1.807) is 0 Å². The van der Waals surface area contributed by atoms with E-state index in [1.165, 1.54) is 65.6 Å². The van der Waals surface area contributed by atoms with Gasteiger partial charge in [0.05, 0.1) is 11.0 Å². The molecule has 10 rings (SSSR count). The van der Waals surface area contributed by atoms with Crippen LogP contribution in [0.15, 0.2) is 206 Å². The zero-order valence-corrected chi connectivity index (χ0v) is 28.5. The van der Waals surface area contributed by atoms with E-state index in [0.29, 0.717) is 0 Å². The number of hydrogen-bond acceptors (Lipinski definition) is 1. The van der Waals surface area contributed by atoms with Gasteiger partial charge in [-0.15, -0.1) is 0 Å². The summed E-state index contributed by atoms with van der Waals surface area (Å²) in [4.78, 5) is 2.36. The third-order valence-corrected chi connectivity index (χ3v) is 10.3. The number of rotatable bonds is 6. The lowest BCUT2D eigenvalue weighted by Gasteiger charge is -2.26. The summed E-state index contributed by atoms with van der Waals surface area (Å²) in [5, 5.41) is 7.43. The highest BCUT2D eigenvalue weighted by molar-refractivity contribution is 6.18. The predicted octanol–water partition coefficient (Wildman–Crippen LogP) is 13.9. The predicted molar refractivity (Wildman–Crippen MR) is 221 cm³/mol. The lowest BCUT2D eigenvalue weighted by Crippen LogP contribution is -2.10. The Labute approximate surface area is 303 Å². The number of fused-ring (bicyclic) bond motifs is 6. The topological polar surface area (TPSA) is 8.17 Å². The molecule has 0 bridgehead atoms. The first-order valence-corrected chi connectivity index (χ1v) is 17.8. The second-order valence-corrected chi connectivity index (χ2v) is 13.4. The highest BCUT2D eigenvalue weighted by Crippen LogP contribution is 2.40. The largest absolute Gasteiger partial charge is 0.310 e. The SMILES string of the molecule is c1ccc(-c2ccc(N(c3ccc(-c4ccccc4)cc3)c3ccc4ccc(-n5c6ccccc6c6ccc7ccccc7c65)cc4c3)cc2)cc1. The second kappa shape index (κ2) is 12.5. The molecule has 0 aliphatic heterocycles. The Morgan fingerprint density at radius 2 is 0.827 bits per heavy atom. The highest BCUT2D eigenvalue weighted by atomic mass is 15.1. The van der Waals surface area contributed by atoms with Crippen molar-refractivity contribution in [3.8, 4) is 27.9 Å². The van der Waals surface area contributed by atoms with Crippen molar-refractivity contribution < 1.29 is 0 Å². The molecule has 1 aromatic heterocycles. The molecule has 2 heteroatoms. The zero-order valence-electron chi connectivity index (χ0n) is 28.5. The molecule has 0 N–H and O–H groups in total. The Morgan fingerprint density at radius 1 is 0.308 bits per heavy atom. The molecular weight excluding hydrogens is 629 g/mol. The quantitative estimate of drug-likeness (QED) is 0.172. The maximum Gasteiger partial charge on any atom is 0.0619 e. The average Bonchev–Trinajstić information content (AvgIpc) is 3.57. The van der Waals surface area contributed by atoms with E-state index in [1.807, 2.05) is 0 Å². The fourth-order valence-electron chi connectivity index (χ4n) is 7.81. The molecule has 0 aliphatic carbocycles. The van der Waals surface area contributed by atoms with Crippen molar-refractivity contribution in [1.29, 1.82) is 0 Å². The first-order chi connectivity index (χ1) is 25.8. The molecule has 0 aliphatic rings. The minimum absolute atomic E-state index is 1.11. The first kappa shape index (κ1) is 30.0. The Hall–Kier alpha value is -6.90. The van der Waals surface area contributed by atoms with Crippen LogP contribution in [0.25, 0.3) is 71.3 Å². The average molecular weight is 663 g/mol. The number of hydrogen-bond donors (Lipinski definition) is 0. The van der Waals surface area contributed by atoms with Crippen LogP contribution >= 0.6 is 0 Å². The summed E-state index contributed by atoms with van der Waals surface area (Å²) in [5.74, 6) is 0. The standard InChI is InChI=1S/C50H34N2/c1-3-11-35(12-4-1)37-19-26-42(27-20-37)51(43-28-21-38(22-29-43)36-13-5-2-6-14-36)44-30-23-39-24-31-45(34-41(39)33-44)52-49-18-10-9-17-47(49)48-32-25-40-15-7-8-16-46(40)50(48)52/h1-34H. The van der Waals surface area contributed by atoms with E-state index >= 15 is 0 Å². The fraction of sp³-hybridized carbons (Fsp3) is 0. The van der Waals surface area contributed by atoms with E-state index in [-0.39, 0.29) is 0 Å². The van der Waals surface area contributed by atoms with Crippen molar-refractivity contribution in [3.63, 3.8) is 0 Å². The van der Waals surface area contributed by atoms with Gasteiger partial charge in [0.2, 0.25) is 0 Å². The van der Waals surface area contributed by atoms with Gasteiger partial charge in [0.25, 0.3) is 0 Å². The molecule has 10 aromatic rings. The van der Waals surface area contributed by atoms with Crippen molar-refractivity contribution in [2.45, 2.75) is 0 Å². The van der Waals surface area contributed by atoms with Gasteiger partial charge in [-0.3, -0.25) is 0 Å². The molecule has 2 nitrogen and oxygen atoms in total. The van der Waals surface area contributed by atoms with Gasteiger partial charge >= 0.3 is 0 Å². The molecule has 9 aromatic carbocycles. The third kappa shape index (κ3) is 5.12. The monoisotopic (exact) mass is 662 g/mol. The van der Waals surface area contributed by atoms with E-state index in [2.05, 4.69) is 216 Å². The summed E-state index contributed by atoms with van der Waals surface area (Å²) in [5.41, 5.74) is 11.8. The van der Waals surface area contributed by atoms with Gasteiger partial charge < -0.3 is 9.47 Å². The molecule has 1 heterocycles. The third-order valence-electron chi connectivity index (χ3n) is 10.3. The molecule has 52 heavy (non-hydrogen) atoms. The van der Waals surface area contributed by atoms with Gasteiger partial charge in [-0.25, -0.2) is 0 Å². The zero-order chi connectivity index (χ0) is 34.4. The van der Waals surface area contributed by atoms with Crippen molar-refractivity contribution in [1.82, 2.24) is 4.57 Å². The summed E-state index contributed by atoms with van der Waals surface area (Å²) in [7, 11) is 0. The van der Waals surface area contributed by atoms with Gasteiger partial charge in [0, 0.05) is 38.9 Å². The Kier molecular flexibility index (Phi) is 7.18. The minimum atomic E-state index is 1.11. The van der Waals surface area contributed by atoms with Crippen molar-refractivity contribution in [3.05, 3.63) is 206 Å². The molecular formula is C50H34N2. The van der Waals surface area contributed by atoms with Crippen LogP contribution in [0, 0.1) is 0 Å². The van der Waals surface area contributed by atoms with Crippen LogP contribution in [0.4, 0.5) is 17.1 Å². The van der Waals surface area contributed by atoms with Gasteiger partial charge in [0.1, 0.15) is 0 Å². The molecule has 244 valence electrons. The Balaban J connectivity index is 1.13. The molecule has 0 saturated carbocycles. The van der Waals surface area contributed by atoms with Gasteiger partial charge in [-0.2, -0.15) is 0 Å². The lowest BCUT2D eigenvalue weighted by molar-refractivity contribution is 1.19. The summed E-state index contributed by atoms with van der Waals surface area (Å²) in [6.07, 6.45) is 0. The summed E-state index contributed by atoms with van der Waals surface area (Å²) in [6.45, 7) is 0. The molecule has 0 amide bonds. The van der Waals surface area contributed by atoms with E-state index in [4.69, 9.17) is 0 Å². The van der Waals surface area contributed by atoms with Crippen molar-refractivity contribution in [2.75, 3.05) is 4.90 Å². The Morgan fingerprint density at radius 3 is 1.50 bits per heavy atom. The maximum absolute atomic E-state index is 2.45. The molecule has 0 spiro atoms. The fourth-order valence-corrected chi connectivity index (χ4v) is 7.81. The smallest absolute Gasteiger partial charge is 0.0619 e. The van der Waals surface area contributed by atoms with Gasteiger partial charge in [-0.1, -0.05) is 152 Å². The number of nitrogens with zero attached hydrogens (tertiary/aromatic N) is 2. The van der Waals surface area contributed by atoms with Crippen LogP contribution in [0.2, 0.25) is 0 Å². The summed E-state index contributed by atoms with van der Waals surface area (Å²) >= 11 is 0. The second-order valence-electron chi connectivity index (χ2n) is 13.4.